The fraction of sp³-hybridized carbons (Fsp3) is 0.143. The molecule has 7 heteroatoms. The monoisotopic (exact) mass is 308 g/mol. The highest BCUT2D eigenvalue weighted by Crippen LogP contribution is 2.31. The van der Waals surface area contributed by atoms with E-state index in [4.69, 9.17) is 26.2 Å². The van der Waals surface area contributed by atoms with E-state index < -0.39 is 5.97 Å². The largest absolute Gasteiger partial charge is 0.497 e. The standard InChI is InChI=1S/C14H13ClN2O4/c1-20-8-3-4-11(12(5-8)21-2)17-13-6-9(14(18)19)10(15)7-16-13/h3-7H,1-2H3,(H,16,17)(H,18,19). The lowest BCUT2D eigenvalue weighted by Gasteiger charge is -2.12. The maximum atomic E-state index is 11.1. The number of nitrogens with one attached hydrogen (secondary N) is 1. The zero-order valence-corrected chi connectivity index (χ0v) is 12.1. The van der Waals surface area contributed by atoms with Crippen LogP contribution in [-0.2, 0) is 0 Å². The van der Waals surface area contributed by atoms with E-state index in [9.17, 15) is 4.79 Å². The Hall–Kier alpha value is -2.47. The Morgan fingerprint density at radius 2 is 2.05 bits per heavy atom. The first-order valence-corrected chi connectivity index (χ1v) is 6.31. The van der Waals surface area contributed by atoms with Crippen molar-refractivity contribution < 1.29 is 19.4 Å². The number of carboxylic acids is 1. The highest BCUT2D eigenvalue weighted by molar-refractivity contribution is 6.33. The Kier molecular flexibility index (Phi) is 4.49. The molecule has 0 saturated carbocycles. The predicted octanol–water partition coefficient (Wildman–Crippen LogP) is 3.19. The lowest BCUT2D eigenvalue weighted by atomic mass is 10.2. The van der Waals surface area contributed by atoms with Crippen LogP contribution in [0.5, 0.6) is 11.5 Å². The third-order valence-electron chi connectivity index (χ3n) is 2.76. The summed E-state index contributed by atoms with van der Waals surface area (Å²) in [6, 6.07) is 6.55. The highest BCUT2D eigenvalue weighted by Gasteiger charge is 2.12. The van der Waals surface area contributed by atoms with Crippen LogP contribution in [0.15, 0.2) is 30.5 Å². The Bertz CT molecular complexity index is 676. The van der Waals surface area contributed by atoms with Crippen LogP contribution in [0.1, 0.15) is 10.4 Å². The lowest BCUT2D eigenvalue weighted by molar-refractivity contribution is 0.0697. The Morgan fingerprint density at radius 3 is 2.67 bits per heavy atom. The van der Waals surface area contributed by atoms with Crippen LogP contribution in [0.3, 0.4) is 0 Å². The number of hydrogen-bond acceptors (Lipinski definition) is 5. The molecule has 2 N–H and O–H groups in total. The Balaban J connectivity index is 2.34. The first-order valence-electron chi connectivity index (χ1n) is 5.93. The number of halogens is 1. The number of pyridine rings is 1. The SMILES string of the molecule is COc1ccc(Nc2cc(C(=O)O)c(Cl)cn2)c(OC)c1. The number of carbonyl (C=O) groups is 1. The van der Waals surface area contributed by atoms with Crippen LogP contribution in [-0.4, -0.2) is 30.3 Å². The zero-order chi connectivity index (χ0) is 15.4. The van der Waals surface area contributed by atoms with Gasteiger partial charge < -0.3 is 19.9 Å². The second-order valence-corrected chi connectivity index (χ2v) is 4.45. The molecule has 0 aliphatic carbocycles. The maximum absolute atomic E-state index is 11.1. The molecule has 0 aliphatic heterocycles. The van der Waals surface area contributed by atoms with E-state index in [2.05, 4.69) is 10.3 Å². The quantitative estimate of drug-likeness (QED) is 0.883. The third-order valence-corrected chi connectivity index (χ3v) is 3.06. The lowest BCUT2D eigenvalue weighted by Crippen LogP contribution is -2.02. The van der Waals surface area contributed by atoms with Crippen molar-refractivity contribution in [3.63, 3.8) is 0 Å². The van der Waals surface area contributed by atoms with E-state index in [-0.39, 0.29) is 10.6 Å². The van der Waals surface area contributed by atoms with E-state index in [1.807, 2.05) is 0 Å². The van der Waals surface area contributed by atoms with Crippen LogP contribution in [0.2, 0.25) is 5.02 Å². The van der Waals surface area contributed by atoms with Gasteiger partial charge in [0, 0.05) is 12.3 Å². The van der Waals surface area contributed by atoms with Crippen LogP contribution in [0.4, 0.5) is 11.5 Å². The van der Waals surface area contributed by atoms with Gasteiger partial charge in [-0.25, -0.2) is 9.78 Å². The van der Waals surface area contributed by atoms with Crippen LogP contribution in [0.25, 0.3) is 0 Å². The van der Waals surface area contributed by atoms with E-state index in [1.165, 1.54) is 19.4 Å². The number of hydrogen-bond donors (Lipinski definition) is 2. The van der Waals surface area contributed by atoms with Gasteiger partial charge in [-0.3, -0.25) is 0 Å². The number of ether oxygens (including phenoxy) is 2. The number of nitrogens with zero attached hydrogens (tertiary/aromatic N) is 1. The first-order chi connectivity index (χ1) is 10.0. The molecular formula is C14H13ClN2O4. The van der Waals surface area contributed by atoms with Crippen LogP contribution in [0, 0.1) is 0 Å². The highest BCUT2D eigenvalue weighted by atomic mass is 35.5. The molecular weight excluding hydrogens is 296 g/mol. The number of aromatic nitrogens is 1. The van der Waals surface area contributed by atoms with Crippen LogP contribution < -0.4 is 14.8 Å². The van der Waals surface area contributed by atoms with Gasteiger partial charge in [0.05, 0.1) is 30.5 Å². The summed E-state index contributed by atoms with van der Waals surface area (Å²) in [7, 11) is 3.08. The summed E-state index contributed by atoms with van der Waals surface area (Å²) in [6.07, 6.45) is 1.28. The molecule has 1 aromatic heterocycles. The third kappa shape index (κ3) is 3.35. The molecule has 0 amide bonds. The molecule has 1 heterocycles. The summed E-state index contributed by atoms with van der Waals surface area (Å²) >= 11 is 5.78. The van der Waals surface area contributed by atoms with Crippen molar-refractivity contribution in [2.45, 2.75) is 0 Å². The van der Waals surface area contributed by atoms with Gasteiger partial charge in [-0.05, 0) is 18.2 Å². The fourth-order valence-corrected chi connectivity index (χ4v) is 1.89. The maximum Gasteiger partial charge on any atom is 0.337 e. The average molecular weight is 309 g/mol. The van der Waals surface area contributed by atoms with Gasteiger partial charge in [-0.1, -0.05) is 11.6 Å². The van der Waals surface area contributed by atoms with Crippen molar-refractivity contribution in [3.8, 4) is 11.5 Å². The molecule has 0 aliphatic rings. The number of methoxy groups -OCH3 is 2. The van der Waals surface area contributed by atoms with Gasteiger partial charge in [0.15, 0.2) is 0 Å². The van der Waals surface area contributed by atoms with Gasteiger partial charge in [0.1, 0.15) is 17.3 Å². The molecule has 0 spiro atoms. The molecule has 0 atom stereocenters. The summed E-state index contributed by atoms with van der Waals surface area (Å²) in [6.45, 7) is 0. The van der Waals surface area contributed by atoms with Gasteiger partial charge >= 0.3 is 5.97 Å². The summed E-state index contributed by atoms with van der Waals surface area (Å²) in [4.78, 5) is 15.1. The number of benzene rings is 1. The fourth-order valence-electron chi connectivity index (χ4n) is 1.71. The van der Waals surface area contributed by atoms with Gasteiger partial charge in [0.25, 0.3) is 0 Å². The minimum absolute atomic E-state index is 0.0263. The number of rotatable bonds is 5. The van der Waals surface area contributed by atoms with Gasteiger partial charge in [-0.2, -0.15) is 0 Å². The van der Waals surface area contributed by atoms with E-state index in [1.54, 1.807) is 25.3 Å². The molecule has 0 unspecified atom stereocenters. The molecule has 0 fully saturated rings. The second-order valence-electron chi connectivity index (χ2n) is 4.05. The minimum Gasteiger partial charge on any atom is -0.497 e. The summed E-state index contributed by atoms with van der Waals surface area (Å²) < 4.78 is 10.4. The molecule has 0 bridgehead atoms. The second kappa shape index (κ2) is 6.32. The van der Waals surface area contributed by atoms with E-state index in [0.29, 0.717) is 23.0 Å². The molecule has 21 heavy (non-hydrogen) atoms. The molecule has 0 radical (unpaired) electrons. The number of aromatic carboxylic acids is 1. The van der Waals surface area contributed by atoms with E-state index >= 15 is 0 Å². The van der Waals surface area contributed by atoms with Crippen molar-refractivity contribution in [2.24, 2.45) is 0 Å². The normalized spacial score (nSPS) is 10.0. The number of anilines is 2. The summed E-state index contributed by atoms with van der Waals surface area (Å²) in [5.41, 5.74) is 0.603. The zero-order valence-electron chi connectivity index (χ0n) is 11.4. The molecule has 110 valence electrons. The predicted molar refractivity (Wildman–Crippen MR) is 79.0 cm³/mol. The number of carboxylic acid groups (broad SMARTS) is 1. The minimum atomic E-state index is -1.12. The first kappa shape index (κ1) is 14.9. The molecule has 2 rings (SSSR count). The van der Waals surface area contributed by atoms with Crippen molar-refractivity contribution in [1.29, 1.82) is 0 Å². The molecule has 0 saturated heterocycles. The van der Waals surface area contributed by atoms with Gasteiger partial charge in [0.2, 0.25) is 0 Å². The van der Waals surface area contributed by atoms with Crippen LogP contribution >= 0.6 is 11.6 Å². The average Bonchev–Trinajstić information content (AvgIpc) is 2.49. The Morgan fingerprint density at radius 1 is 1.29 bits per heavy atom. The molecule has 6 nitrogen and oxygen atoms in total. The van der Waals surface area contributed by atoms with Crippen molar-refractivity contribution in [1.82, 2.24) is 4.98 Å². The van der Waals surface area contributed by atoms with Crippen molar-refractivity contribution in [3.05, 3.63) is 41.0 Å². The summed E-state index contributed by atoms with van der Waals surface area (Å²) in [5.74, 6) is 0.420. The van der Waals surface area contributed by atoms with Crippen molar-refractivity contribution >= 4 is 29.1 Å². The van der Waals surface area contributed by atoms with Gasteiger partial charge in [-0.15, -0.1) is 0 Å². The smallest absolute Gasteiger partial charge is 0.337 e. The molecule has 2 aromatic rings. The van der Waals surface area contributed by atoms with Crippen molar-refractivity contribution in [2.75, 3.05) is 19.5 Å². The Labute approximate surface area is 126 Å². The summed E-state index contributed by atoms with van der Waals surface area (Å²) in [5, 5.41) is 12.1. The molecule has 1 aromatic carbocycles. The topological polar surface area (TPSA) is 80.7 Å². The van der Waals surface area contributed by atoms with E-state index in [0.717, 1.165) is 0 Å².